The highest BCUT2D eigenvalue weighted by Crippen LogP contribution is 2.36. The fourth-order valence-electron chi connectivity index (χ4n) is 1.50. The fraction of sp³-hybridized carbons (Fsp3) is 0.333. The Morgan fingerprint density at radius 3 is 2.58 bits per heavy atom. The molecular weight excluding hydrogens is 336 g/mol. The molecule has 0 bridgehead atoms. The molecule has 1 aromatic carbocycles. The zero-order valence-corrected chi connectivity index (χ0v) is 12.8. The molecule has 0 heterocycles. The zero-order valence-electron chi connectivity index (χ0n) is 10.5. The number of aromatic carboxylic acids is 1. The number of hydrogen-bond donors (Lipinski definition) is 3. The van der Waals surface area contributed by atoms with Crippen LogP contribution in [0.25, 0.3) is 0 Å². The van der Waals surface area contributed by atoms with Gasteiger partial charge in [0.1, 0.15) is 0 Å². The van der Waals surface area contributed by atoms with Crippen LogP contribution in [0, 0.1) is 0 Å². The highest BCUT2D eigenvalue weighted by molar-refractivity contribution is 9.10. The molecule has 0 fully saturated rings. The van der Waals surface area contributed by atoms with Gasteiger partial charge in [0.2, 0.25) is 0 Å². The van der Waals surface area contributed by atoms with Crippen LogP contribution in [0.4, 0.5) is 5.69 Å². The predicted molar refractivity (Wildman–Crippen MR) is 78.0 cm³/mol. The van der Waals surface area contributed by atoms with Crippen molar-refractivity contribution in [2.75, 3.05) is 5.32 Å². The normalized spacial score (nSPS) is 12.0. The summed E-state index contributed by atoms with van der Waals surface area (Å²) in [5, 5.41) is 12.1. The summed E-state index contributed by atoms with van der Waals surface area (Å²) >= 11 is 9.16. The Kier molecular flexibility index (Phi) is 5.20. The van der Waals surface area contributed by atoms with Crippen molar-refractivity contribution >= 4 is 45.1 Å². The van der Waals surface area contributed by atoms with E-state index >= 15 is 0 Å². The second kappa shape index (κ2) is 6.25. The summed E-state index contributed by atoms with van der Waals surface area (Å²) in [6, 6.07) is 1.39. The molecule has 0 radical (unpaired) electrons. The van der Waals surface area contributed by atoms with Gasteiger partial charge in [-0.15, -0.1) is 0 Å². The van der Waals surface area contributed by atoms with Gasteiger partial charge in [-0.1, -0.05) is 18.5 Å². The van der Waals surface area contributed by atoms with Crippen molar-refractivity contribution < 1.29 is 14.7 Å². The smallest absolute Gasteiger partial charge is 0.338 e. The van der Waals surface area contributed by atoms with Crippen LogP contribution in [0.1, 0.15) is 41.0 Å². The highest BCUT2D eigenvalue weighted by Gasteiger charge is 2.23. The maximum atomic E-state index is 11.4. The summed E-state index contributed by atoms with van der Waals surface area (Å²) in [5.41, 5.74) is 5.60. The third kappa shape index (κ3) is 3.39. The standard InChI is InChI=1S/C12H14BrClN2O3/c1-3-5(2)16-10-6(11(15)17)4-7(13)8(9(10)14)12(18)19/h4-5,16H,3H2,1-2H3,(H2,15,17)(H,18,19)/t5-/m1/s1. The van der Waals surface area contributed by atoms with Gasteiger partial charge in [0, 0.05) is 10.5 Å². The van der Waals surface area contributed by atoms with E-state index in [4.69, 9.17) is 22.4 Å². The molecule has 0 aliphatic rings. The Labute approximate surface area is 124 Å². The quantitative estimate of drug-likeness (QED) is 0.761. The van der Waals surface area contributed by atoms with E-state index in [-0.39, 0.29) is 32.4 Å². The first-order chi connectivity index (χ1) is 8.79. The summed E-state index contributed by atoms with van der Waals surface area (Å²) in [6.45, 7) is 3.84. The van der Waals surface area contributed by atoms with Gasteiger partial charge in [-0.3, -0.25) is 4.79 Å². The van der Waals surface area contributed by atoms with Crippen LogP contribution in [0.3, 0.4) is 0 Å². The number of halogens is 2. The van der Waals surface area contributed by atoms with E-state index in [0.717, 1.165) is 6.42 Å². The molecule has 104 valence electrons. The predicted octanol–water partition coefficient (Wildman–Crippen LogP) is 3.11. The van der Waals surface area contributed by atoms with Crippen LogP contribution < -0.4 is 11.1 Å². The van der Waals surface area contributed by atoms with Crippen LogP contribution in [0.5, 0.6) is 0 Å². The fourth-order valence-corrected chi connectivity index (χ4v) is 2.55. The summed E-state index contributed by atoms with van der Waals surface area (Å²) in [4.78, 5) is 22.6. The van der Waals surface area contributed by atoms with Gasteiger partial charge >= 0.3 is 5.97 Å². The van der Waals surface area contributed by atoms with E-state index in [0.29, 0.717) is 0 Å². The number of carbonyl (C=O) groups is 2. The molecule has 0 aromatic heterocycles. The number of amides is 1. The molecule has 1 aromatic rings. The Bertz CT molecular complexity index is 534. The lowest BCUT2D eigenvalue weighted by Crippen LogP contribution is -2.21. The molecule has 1 amide bonds. The van der Waals surface area contributed by atoms with Crippen LogP contribution in [0.2, 0.25) is 5.02 Å². The summed E-state index contributed by atoms with van der Waals surface area (Å²) < 4.78 is 0.216. The minimum atomic E-state index is -1.18. The topological polar surface area (TPSA) is 92.4 Å². The number of hydrogen-bond acceptors (Lipinski definition) is 3. The van der Waals surface area contributed by atoms with Crippen LogP contribution in [0.15, 0.2) is 10.5 Å². The van der Waals surface area contributed by atoms with Crippen LogP contribution >= 0.6 is 27.5 Å². The third-order valence-electron chi connectivity index (χ3n) is 2.70. The van der Waals surface area contributed by atoms with Crippen molar-refractivity contribution in [2.24, 2.45) is 5.73 Å². The van der Waals surface area contributed by atoms with Crippen molar-refractivity contribution in [3.05, 3.63) is 26.7 Å². The first-order valence-corrected chi connectivity index (χ1v) is 6.78. The molecule has 1 rings (SSSR count). The molecule has 19 heavy (non-hydrogen) atoms. The second-order valence-corrected chi connectivity index (χ2v) is 5.33. The van der Waals surface area contributed by atoms with Gasteiger partial charge in [0.25, 0.3) is 5.91 Å². The average molecular weight is 350 g/mol. The number of nitrogens with two attached hydrogens (primary N) is 1. The Morgan fingerprint density at radius 2 is 2.16 bits per heavy atom. The Morgan fingerprint density at radius 1 is 1.58 bits per heavy atom. The average Bonchev–Trinajstić information content (AvgIpc) is 2.31. The van der Waals surface area contributed by atoms with E-state index in [1.807, 2.05) is 13.8 Å². The van der Waals surface area contributed by atoms with Crippen molar-refractivity contribution in [2.45, 2.75) is 26.3 Å². The summed E-state index contributed by atoms with van der Waals surface area (Å²) in [5.74, 6) is -1.86. The van der Waals surface area contributed by atoms with Gasteiger partial charge in [0.15, 0.2) is 0 Å². The first-order valence-electron chi connectivity index (χ1n) is 5.61. The lowest BCUT2D eigenvalue weighted by molar-refractivity contribution is 0.0695. The van der Waals surface area contributed by atoms with Crippen molar-refractivity contribution in [3.8, 4) is 0 Å². The Hall–Kier alpha value is -1.27. The molecule has 0 saturated carbocycles. The minimum absolute atomic E-state index is 0.0263. The van der Waals surface area contributed by atoms with Crippen LogP contribution in [-0.4, -0.2) is 23.0 Å². The molecular formula is C12H14BrClN2O3. The van der Waals surface area contributed by atoms with Crippen molar-refractivity contribution in [3.63, 3.8) is 0 Å². The van der Waals surface area contributed by atoms with Gasteiger partial charge < -0.3 is 16.2 Å². The van der Waals surface area contributed by atoms with E-state index in [2.05, 4.69) is 21.2 Å². The molecule has 1 atom stereocenters. The monoisotopic (exact) mass is 348 g/mol. The van der Waals surface area contributed by atoms with Gasteiger partial charge in [0.05, 0.1) is 21.8 Å². The molecule has 0 aliphatic carbocycles. The van der Waals surface area contributed by atoms with E-state index < -0.39 is 11.9 Å². The van der Waals surface area contributed by atoms with E-state index in [1.165, 1.54) is 6.07 Å². The summed E-state index contributed by atoms with van der Waals surface area (Å²) in [7, 11) is 0. The number of carboxylic acid groups (broad SMARTS) is 1. The molecule has 5 nitrogen and oxygen atoms in total. The van der Waals surface area contributed by atoms with Crippen molar-refractivity contribution in [1.82, 2.24) is 0 Å². The molecule has 0 unspecified atom stereocenters. The highest BCUT2D eigenvalue weighted by atomic mass is 79.9. The van der Waals surface area contributed by atoms with E-state index in [9.17, 15) is 9.59 Å². The number of nitrogens with one attached hydrogen (secondary N) is 1. The van der Waals surface area contributed by atoms with Gasteiger partial charge in [-0.2, -0.15) is 0 Å². The molecule has 0 spiro atoms. The minimum Gasteiger partial charge on any atom is -0.478 e. The lowest BCUT2D eigenvalue weighted by atomic mass is 10.1. The Balaban J connectivity index is 3.50. The number of benzene rings is 1. The summed E-state index contributed by atoms with van der Waals surface area (Å²) in [6.07, 6.45) is 0.785. The van der Waals surface area contributed by atoms with Crippen LogP contribution in [-0.2, 0) is 0 Å². The first kappa shape index (κ1) is 15.8. The number of carboxylic acids is 1. The molecule has 7 heteroatoms. The molecule has 4 N–H and O–H groups in total. The second-order valence-electron chi connectivity index (χ2n) is 4.09. The molecule has 0 aliphatic heterocycles. The van der Waals surface area contributed by atoms with Gasteiger partial charge in [-0.05, 0) is 35.3 Å². The zero-order chi connectivity index (χ0) is 14.7. The van der Waals surface area contributed by atoms with Crippen molar-refractivity contribution in [1.29, 1.82) is 0 Å². The van der Waals surface area contributed by atoms with E-state index in [1.54, 1.807) is 0 Å². The number of anilines is 1. The SMILES string of the molecule is CC[C@@H](C)Nc1c(C(N)=O)cc(Br)c(C(=O)O)c1Cl. The van der Waals surface area contributed by atoms with Gasteiger partial charge in [-0.25, -0.2) is 4.79 Å². The third-order valence-corrected chi connectivity index (χ3v) is 3.70. The number of primary amides is 1. The maximum Gasteiger partial charge on any atom is 0.338 e. The number of carbonyl (C=O) groups excluding carboxylic acids is 1. The molecule has 0 saturated heterocycles. The lowest BCUT2D eigenvalue weighted by Gasteiger charge is -2.19. The number of rotatable bonds is 5. The largest absolute Gasteiger partial charge is 0.478 e. The maximum absolute atomic E-state index is 11.4.